The zero-order valence-corrected chi connectivity index (χ0v) is 9.07. The Morgan fingerprint density at radius 2 is 1.09 bits per heavy atom. The smallest absolute Gasteiger partial charge is 0.00257 e. The molecular formula is C10H25N. The van der Waals surface area contributed by atoms with E-state index < -0.39 is 0 Å². The lowest BCUT2D eigenvalue weighted by atomic mass is 10.2. The van der Waals surface area contributed by atoms with Crippen LogP contribution in [0.25, 0.3) is 0 Å². The summed E-state index contributed by atoms with van der Waals surface area (Å²) in [6.45, 7) is 15.2. The minimum Gasteiger partial charge on any atom is -0.316 e. The van der Waals surface area contributed by atoms with Crippen molar-refractivity contribution in [2.45, 2.75) is 41.5 Å². The van der Waals surface area contributed by atoms with Gasteiger partial charge in [0.25, 0.3) is 0 Å². The first kappa shape index (κ1) is 13.5. The lowest BCUT2D eigenvalue weighted by Gasteiger charge is -2.08. The summed E-state index contributed by atoms with van der Waals surface area (Å²) in [5.74, 6) is 1.56. The Kier molecular flexibility index (Phi) is 12.3. The van der Waals surface area contributed by atoms with Gasteiger partial charge in [-0.3, -0.25) is 0 Å². The van der Waals surface area contributed by atoms with Crippen molar-refractivity contribution in [1.29, 1.82) is 0 Å². The van der Waals surface area contributed by atoms with Gasteiger partial charge in [-0.25, -0.2) is 0 Å². The van der Waals surface area contributed by atoms with Crippen molar-refractivity contribution in [3.63, 3.8) is 0 Å². The first-order valence-corrected chi connectivity index (χ1v) is 4.83. The van der Waals surface area contributed by atoms with E-state index in [1.165, 1.54) is 0 Å². The molecule has 1 N–H and O–H groups in total. The van der Waals surface area contributed by atoms with Gasteiger partial charge in [0, 0.05) is 0 Å². The van der Waals surface area contributed by atoms with E-state index in [1.807, 2.05) is 13.8 Å². The quantitative estimate of drug-likeness (QED) is 0.665. The highest BCUT2D eigenvalue weighted by molar-refractivity contribution is 4.52. The van der Waals surface area contributed by atoms with Gasteiger partial charge in [-0.15, -0.1) is 0 Å². The number of nitrogens with one attached hydrogen (secondary N) is 1. The van der Waals surface area contributed by atoms with E-state index in [-0.39, 0.29) is 0 Å². The molecule has 0 rings (SSSR count). The maximum atomic E-state index is 3.38. The molecule has 0 heterocycles. The largest absolute Gasteiger partial charge is 0.316 e. The van der Waals surface area contributed by atoms with E-state index in [1.54, 1.807) is 0 Å². The molecule has 1 heteroatoms. The topological polar surface area (TPSA) is 12.0 Å². The summed E-state index contributed by atoms with van der Waals surface area (Å²) in [4.78, 5) is 0. The van der Waals surface area contributed by atoms with E-state index in [2.05, 4.69) is 33.0 Å². The molecule has 11 heavy (non-hydrogen) atoms. The first-order valence-electron chi connectivity index (χ1n) is 4.83. The van der Waals surface area contributed by atoms with Gasteiger partial charge in [-0.05, 0) is 24.9 Å². The highest BCUT2D eigenvalue weighted by Gasteiger charge is 1.93. The second kappa shape index (κ2) is 9.96. The minimum absolute atomic E-state index is 0.781. The third-order valence-electron chi connectivity index (χ3n) is 1.11. The molecule has 0 amide bonds. The summed E-state index contributed by atoms with van der Waals surface area (Å²) < 4.78 is 0. The minimum atomic E-state index is 0.781. The van der Waals surface area contributed by atoms with Crippen molar-refractivity contribution < 1.29 is 0 Å². The van der Waals surface area contributed by atoms with Gasteiger partial charge < -0.3 is 5.32 Å². The molecule has 0 saturated carbocycles. The van der Waals surface area contributed by atoms with Crippen LogP contribution >= 0.6 is 0 Å². The van der Waals surface area contributed by atoms with E-state index in [0.717, 1.165) is 24.9 Å². The van der Waals surface area contributed by atoms with Crippen LogP contribution < -0.4 is 5.32 Å². The lowest BCUT2D eigenvalue weighted by molar-refractivity contribution is 0.497. The molecule has 1 nitrogen and oxygen atoms in total. The molecule has 0 radical (unpaired) electrons. The third-order valence-corrected chi connectivity index (χ3v) is 1.11. The zero-order chi connectivity index (χ0) is 9.28. The van der Waals surface area contributed by atoms with Crippen LogP contribution in [-0.4, -0.2) is 13.1 Å². The number of hydrogen-bond donors (Lipinski definition) is 1. The van der Waals surface area contributed by atoms with Crippen molar-refractivity contribution in [2.75, 3.05) is 13.1 Å². The van der Waals surface area contributed by atoms with Gasteiger partial charge in [-0.2, -0.15) is 0 Å². The maximum absolute atomic E-state index is 3.38. The van der Waals surface area contributed by atoms with Crippen LogP contribution in [0, 0.1) is 11.8 Å². The molecule has 0 aliphatic heterocycles. The summed E-state index contributed by atoms with van der Waals surface area (Å²) in [6, 6.07) is 0. The molecule has 0 aliphatic carbocycles. The predicted octanol–water partition coefficient (Wildman–Crippen LogP) is 2.91. The van der Waals surface area contributed by atoms with Crippen molar-refractivity contribution >= 4 is 0 Å². The Balaban J connectivity index is 0. The summed E-state index contributed by atoms with van der Waals surface area (Å²) >= 11 is 0. The molecule has 0 atom stereocenters. The Morgan fingerprint density at radius 3 is 1.27 bits per heavy atom. The Hall–Kier alpha value is -0.0400. The Morgan fingerprint density at radius 1 is 0.818 bits per heavy atom. The third kappa shape index (κ3) is 17.8. The summed E-state index contributed by atoms with van der Waals surface area (Å²) in [7, 11) is 0. The van der Waals surface area contributed by atoms with Gasteiger partial charge in [-0.1, -0.05) is 41.5 Å². The van der Waals surface area contributed by atoms with E-state index in [9.17, 15) is 0 Å². The van der Waals surface area contributed by atoms with Crippen LogP contribution in [0.2, 0.25) is 0 Å². The van der Waals surface area contributed by atoms with E-state index in [4.69, 9.17) is 0 Å². The maximum Gasteiger partial charge on any atom is -0.00257 e. The molecule has 0 bridgehead atoms. The summed E-state index contributed by atoms with van der Waals surface area (Å²) in [5, 5.41) is 3.38. The molecule has 0 spiro atoms. The first-order chi connectivity index (χ1) is 5.13. The molecule has 0 aromatic heterocycles. The molecule has 0 aliphatic rings. The number of hydrogen-bond acceptors (Lipinski definition) is 1. The average molecular weight is 159 g/mol. The molecule has 0 fully saturated rings. The molecular weight excluding hydrogens is 134 g/mol. The molecule has 0 saturated heterocycles. The fraction of sp³-hybridized carbons (Fsp3) is 1.00. The van der Waals surface area contributed by atoms with Crippen molar-refractivity contribution in [1.82, 2.24) is 5.32 Å². The summed E-state index contributed by atoms with van der Waals surface area (Å²) in [5.41, 5.74) is 0. The standard InChI is InChI=1S/C8H19N.C2H6/c1-7(2)5-9-6-8(3)4;1-2/h7-9H,5-6H2,1-4H3;1-2H3. The highest BCUT2D eigenvalue weighted by Crippen LogP contribution is 1.90. The van der Waals surface area contributed by atoms with Crippen LogP contribution in [0.1, 0.15) is 41.5 Å². The average Bonchev–Trinajstić information content (AvgIpc) is 1.90. The lowest BCUT2D eigenvalue weighted by Crippen LogP contribution is -2.23. The molecule has 0 aromatic carbocycles. The molecule has 0 unspecified atom stereocenters. The SMILES string of the molecule is CC.CC(C)CNCC(C)C. The fourth-order valence-electron chi connectivity index (χ4n) is 0.661. The summed E-state index contributed by atoms with van der Waals surface area (Å²) in [6.07, 6.45) is 0. The van der Waals surface area contributed by atoms with Crippen LogP contribution in [0.5, 0.6) is 0 Å². The monoisotopic (exact) mass is 159 g/mol. The van der Waals surface area contributed by atoms with Crippen molar-refractivity contribution in [2.24, 2.45) is 11.8 Å². The highest BCUT2D eigenvalue weighted by atomic mass is 14.9. The van der Waals surface area contributed by atoms with Gasteiger partial charge in [0.1, 0.15) is 0 Å². The van der Waals surface area contributed by atoms with Crippen LogP contribution in [0.4, 0.5) is 0 Å². The Labute approximate surface area is 72.6 Å². The van der Waals surface area contributed by atoms with Crippen molar-refractivity contribution in [3.8, 4) is 0 Å². The van der Waals surface area contributed by atoms with Gasteiger partial charge in [0.15, 0.2) is 0 Å². The van der Waals surface area contributed by atoms with Crippen molar-refractivity contribution in [3.05, 3.63) is 0 Å². The normalized spacial score (nSPS) is 9.82. The number of rotatable bonds is 4. The predicted molar refractivity (Wildman–Crippen MR) is 53.9 cm³/mol. The van der Waals surface area contributed by atoms with Gasteiger partial charge >= 0.3 is 0 Å². The van der Waals surface area contributed by atoms with Gasteiger partial charge in [0.05, 0.1) is 0 Å². The zero-order valence-electron chi connectivity index (χ0n) is 9.07. The fourth-order valence-corrected chi connectivity index (χ4v) is 0.661. The second-order valence-corrected chi connectivity index (χ2v) is 3.45. The van der Waals surface area contributed by atoms with Crippen LogP contribution in [-0.2, 0) is 0 Å². The molecule has 70 valence electrons. The second-order valence-electron chi connectivity index (χ2n) is 3.45. The van der Waals surface area contributed by atoms with Crippen LogP contribution in [0.15, 0.2) is 0 Å². The van der Waals surface area contributed by atoms with E-state index in [0.29, 0.717) is 0 Å². The molecule has 0 aromatic rings. The van der Waals surface area contributed by atoms with Crippen LogP contribution in [0.3, 0.4) is 0 Å². The Bertz CT molecular complexity index is 49.9. The van der Waals surface area contributed by atoms with E-state index >= 15 is 0 Å². The van der Waals surface area contributed by atoms with Gasteiger partial charge in [0.2, 0.25) is 0 Å².